The van der Waals surface area contributed by atoms with Gasteiger partial charge in [-0.15, -0.1) is 5.10 Å². The molecule has 0 bridgehead atoms. The second kappa shape index (κ2) is 7.04. The number of aliphatic hydroxyl groups is 1. The summed E-state index contributed by atoms with van der Waals surface area (Å²) in [6.45, 7) is 5.07. The molecule has 20 heavy (non-hydrogen) atoms. The topological polar surface area (TPSA) is 74.4 Å². The van der Waals surface area contributed by atoms with Crippen LogP contribution in [0.1, 0.15) is 57.9 Å². The molecule has 0 saturated heterocycles. The number of hydrogen-bond donors (Lipinski definition) is 2. The first-order valence-electron chi connectivity index (χ1n) is 7.61. The Kier molecular flexibility index (Phi) is 5.37. The van der Waals surface area contributed by atoms with Crippen molar-refractivity contribution in [3.05, 3.63) is 5.89 Å². The van der Waals surface area contributed by atoms with Crippen molar-refractivity contribution in [3.8, 4) is 0 Å². The normalized spacial score (nSPS) is 24.6. The summed E-state index contributed by atoms with van der Waals surface area (Å²) in [6, 6.07) is 0.632. The van der Waals surface area contributed by atoms with Gasteiger partial charge in [-0.05, 0) is 32.7 Å². The summed E-state index contributed by atoms with van der Waals surface area (Å²) in [5, 5.41) is 21.6. The van der Waals surface area contributed by atoms with E-state index in [1.165, 1.54) is 0 Å². The first-order chi connectivity index (χ1) is 9.63. The third-order valence-electron chi connectivity index (χ3n) is 3.99. The van der Waals surface area contributed by atoms with Gasteiger partial charge in [0.15, 0.2) is 0 Å². The fraction of sp³-hybridized carbons (Fsp3) is 0.857. The van der Waals surface area contributed by atoms with Crippen LogP contribution in [0.5, 0.6) is 0 Å². The molecule has 2 rings (SSSR count). The maximum Gasteiger partial charge on any atom is 0.318 e. The first kappa shape index (κ1) is 15.3. The fourth-order valence-corrected chi connectivity index (χ4v) is 2.68. The molecule has 6 heteroatoms. The standard InChI is InChI=1S/C14H26N4O2/c1-4-9-15-10(2)13-16-17-14(20-13)18(3)11-7-5-6-8-12(11)19/h10-12,15,19H,4-9H2,1-3H3. The molecule has 1 aromatic rings. The number of rotatable bonds is 6. The van der Waals surface area contributed by atoms with Crippen molar-refractivity contribution in [2.24, 2.45) is 0 Å². The van der Waals surface area contributed by atoms with E-state index in [1.54, 1.807) is 0 Å². The van der Waals surface area contributed by atoms with Crippen molar-refractivity contribution in [2.75, 3.05) is 18.5 Å². The lowest BCUT2D eigenvalue weighted by Crippen LogP contribution is -2.43. The van der Waals surface area contributed by atoms with Crippen LogP contribution in [-0.4, -0.2) is 41.0 Å². The molecule has 1 heterocycles. The SMILES string of the molecule is CCCNC(C)c1nnc(N(C)C2CCCCC2O)o1. The predicted octanol–water partition coefficient (Wildman–Crippen LogP) is 1.87. The minimum absolute atomic E-state index is 0.0564. The van der Waals surface area contributed by atoms with Crippen LogP contribution in [0.4, 0.5) is 6.01 Å². The lowest BCUT2D eigenvalue weighted by atomic mass is 9.92. The molecule has 1 fully saturated rings. The van der Waals surface area contributed by atoms with Crippen molar-refractivity contribution in [2.45, 2.75) is 64.1 Å². The summed E-state index contributed by atoms with van der Waals surface area (Å²) in [4.78, 5) is 1.92. The highest BCUT2D eigenvalue weighted by atomic mass is 16.4. The van der Waals surface area contributed by atoms with Gasteiger partial charge in [0.05, 0.1) is 18.2 Å². The molecule has 1 aliphatic rings. The fourth-order valence-electron chi connectivity index (χ4n) is 2.68. The summed E-state index contributed by atoms with van der Waals surface area (Å²) >= 11 is 0. The van der Waals surface area contributed by atoms with Crippen LogP contribution in [0.3, 0.4) is 0 Å². The molecule has 0 aliphatic heterocycles. The zero-order chi connectivity index (χ0) is 14.5. The largest absolute Gasteiger partial charge is 0.406 e. The quantitative estimate of drug-likeness (QED) is 0.829. The zero-order valence-corrected chi connectivity index (χ0v) is 12.7. The molecule has 1 aliphatic carbocycles. The monoisotopic (exact) mass is 282 g/mol. The van der Waals surface area contributed by atoms with E-state index in [4.69, 9.17) is 4.42 Å². The first-order valence-corrected chi connectivity index (χ1v) is 7.61. The van der Waals surface area contributed by atoms with E-state index < -0.39 is 0 Å². The van der Waals surface area contributed by atoms with E-state index in [-0.39, 0.29) is 18.2 Å². The number of nitrogens with one attached hydrogen (secondary N) is 1. The highest BCUT2D eigenvalue weighted by Crippen LogP contribution is 2.26. The van der Waals surface area contributed by atoms with Gasteiger partial charge in [-0.25, -0.2) is 0 Å². The number of aliphatic hydroxyl groups excluding tert-OH is 1. The van der Waals surface area contributed by atoms with Crippen LogP contribution in [0.25, 0.3) is 0 Å². The Bertz CT molecular complexity index is 410. The molecule has 0 spiro atoms. The van der Waals surface area contributed by atoms with Crippen molar-refractivity contribution in [1.82, 2.24) is 15.5 Å². The summed E-state index contributed by atoms with van der Waals surface area (Å²) in [6.07, 6.45) is 4.82. The molecule has 0 aromatic carbocycles. The number of nitrogens with zero attached hydrogens (tertiary/aromatic N) is 3. The third-order valence-corrected chi connectivity index (χ3v) is 3.99. The summed E-state index contributed by atoms with van der Waals surface area (Å²) in [7, 11) is 1.92. The average Bonchev–Trinajstić information content (AvgIpc) is 2.94. The van der Waals surface area contributed by atoms with Gasteiger partial charge in [0, 0.05) is 7.05 Å². The minimum atomic E-state index is -0.306. The lowest BCUT2D eigenvalue weighted by Gasteiger charge is -2.33. The second-order valence-corrected chi connectivity index (χ2v) is 5.63. The van der Waals surface area contributed by atoms with Gasteiger partial charge in [-0.2, -0.15) is 0 Å². The van der Waals surface area contributed by atoms with Gasteiger partial charge >= 0.3 is 6.01 Å². The van der Waals surface area contributed by atoms with Crippen LogP contribution in [0.2, 0.25) is 0 Å². The molecule has 1 aromatic heterocycles. The molecule has 1 saturated carbocycles. The molecular weight excluding hydrogens is 256 g/mol. The lowest BCUT2D eigenvalue weighted by molar-refractivity contribution is 0.104. The Morgan fingerprint density at radius 3 is 2.85 bits per heavy atom. The average molecular weight is 282 g/mol. The summed E-state index contributed by atoms with van der Waals surface area (Å²) in [5.74, 6) is 0.602. The van der Waals surface area contributed by atoms with Crippen molar-refractivity contribution in [3.63, 3.8) is 0 Å². The van der Waals surface area contributed by atoms with Crippen LogP contribution in [0, 0.1) is 0 Å². The van der Waals surface area contributed by atoms with Crippen LogP contribution >= 0.6 is 0 Å². The van der Waals surface area contributed by atoms with Crippen molar-refractivity contribution >= 4 is 6.01 Å². The summed E-state index contributed by atoms with van der Waals surface area (Å²) < 4.78 is 5.74. The predicted molar refractivity (Wildman–Crippen MR) is 77.7 cm³/mol. The zero-order valence-electron chi connectivity index (χ0n) is 12.7. The van der Waals surface area contributed by atoms with Gasteiger partial charge in [0.25, 0.3) is 0 Å². The Balaban J connectivity index is 2.00. The Labute approximate surface area is 120 Å². The highest BCUT2D eigenvalue weighted by molar-refractivity contribution is 5.26. The Morgan fingerprint density at radius 2 is 2.15 bits per heavy atom. The maximum atomic E-state index is 10.1. The van der Waals surface area contributed by atoms with Crippen LogP contribution < -0.4 is 10.2 Å². The van der Waals surface area contributed by atoms with E-state index in [0.717, 1.165) is 38.6 Å². The van der Waals surface area contributed by atoms with Gasteiger partial charge in [-0.3, -0.25) is 0 Å². The summed E-state index contributed by atoms with van der Waals surface area (Å²) in [5.41, 5.74) is 0. The maximum absolute atomic E-state index is 10.1. The number of likely N-dealkylation sites (N-methyl/N-ethyl adjacent to an activating group) is 1. The van der Waals surface area contributed by atoms with Gasteiger partial charge < -0.3 is 19.7 Å². The van der Waals surface area contributed by atoms with Crippen molar-refractivity contribution in [1.29, 1.82) is 0 Å². The van der Waals surface area contributed by atoms with E-state index >= 15 is 0 Å². The molecule has 3 atom stereocenters. The van der Waals surface area contributed by atoms with Gasteiger partial charge in [0.1, 0.15) is 0 Å². The molecule has 6 nitrogen and oxygen atoms in total. The highest BCUT2D eigenvalue weighted by Gasteiger charge is 2.29. The Hall–Kier alpha value is -1.14. The molecule has 3 unspecified atom stereocenters. The van der Waals surface area contributed by atoms with E-state index in [9.17, 15) is 5.11 Å². The van der Waals surface area contributed by atoms with Crippen LogP contribution in [-0.2, 0) is 0 Å². The van der Waals surface area contributed by atoms with Gasteiger partial charge in [0.2, 0.25) is 5.89 Å². The molecular formula is C14H26N4O2. The third kappa shape index (κ3) is 3.49. The second-order valence-electron chi connectivity index (χ2n) is 5.63. The number of hydrogen-bond acceptors (Lipinski definition) is 6. The van der Waals surface area contributed by atoms with Crippen LogP contribution in [0.15, 0.2) is 4.42 Å². The van der Waals surface area contributed by atoms with E-state index in [0.29, 0.717) is 11.9 Å². The van der Waals surface area contributed by atoms with Crippen molar-refractivity contribution < 1.29 is 9.52 Å². The van der Waals surface area contributed by atoms with Gasteiger partial charge in [-0.1, -0.05) is 24.9 Å². The van der Waals surface area contributed by atoms with E-state index in [1.807, 2.05) is 18.9 Å². The van der Waals surface area contributed by atoms with E-state index in [2.05, 4.69) is 22.4 Å². The molecule has 0 radical (unpaired) electrons. The molecule has 2 N–H and O–H groups in total. The molecule has 114 valence electrons. The minimum Gasteiger partial charge on any atom is -0.406 e. The number of aromatic nitrogens is 2. The smallest absolute Gasteiger partial charge is 0.318 e. The number of anilines is 1. The Morgan fingerprint density at radius 1 is 1.40 bits per heavy atom. The molecule has 0 amide bonds.